The van der Waals surface area contributed by atoms with Crippen LogP contribution in [0.2, 0.25) is 5.02 Å². The van der Waals surface area contributed by atoms with Crippen molar-refractivity contribution < 1.29 is 14.6 Å². The third-order valence-electron chi connectivity index (χ3n) is 1.49. The average Bonchev–Trinajstić information content (AvgIpc) is 2.02. The number of carboxylic acids is 1. The Morgan fingerprint density at radius 1 is 1.57 bits per heavy atom. The van der Waals surface area contributed by atoms with E-state index in [2.05, 4.69) is 0 Å². The molecule has 0 aliphatic rings. The SMILES string of the molecule is Cc1cc(Cl)ccc1OCC(=O)O.[KH]. The first kappa shape index (κ1) is 14.4. The summed E-state index contributed by atoms with van der Waals surface area (Å²) in [5, 5.41) is 8.98. The topological polar surface area (TPSA) is 46.5 Å². The standard InChI is InChI=1S/C9H9ClO3.K.H/c1-6-4-7(10)2-3-8(6)13-5-9(11)12;;/h2-4H,5H2,1H3,(H,11,12);;. The second-order valence-corrected chi connectivity index (χ2v) is 3.03. The van der Waals surface area contributed by atoms with Gasteiger partial charge in [-0.2, -0.15) is 0 Å². The van der Waals surface area contributed by atoms with Gasteiger partial charge >= 0.3 is 57.4 Å². The third kappa shape index (κ3) is 4.77. The fraction of sp³-hybridized carbons (Fsp3) is 0.222. The summed E-state index contributed by atoms with van der Waals surface area (Å²) in [7, 11) is 0. The number of hydrogen-bond donors (Lipinski definition) is 1. The molecule has 1 rings (SSSR count). The molecule has 0 bridgehead atoms. The van der Waals surface area contributed by atoms with Crippen molar-refractivity contribution in [1.82, 2.24) is 0 Å². The first-order valence-corrected chi connectivity index (χ1v) is 4.08. The molecule has 0 spiro atoms. The zero-order valence-electron chi connectivity index (χ0n) is 7.08. The van der Waals surface area contributed by atoms with E-state index in [1.807, 2.05) is 6.92 Å². The molecular weight excluding hydrogens is 231 g/mol. The molecule has 3 nitrogen and oxygen atoms in total. The molecule has 0 unspecified atom stereocenters. The van der Waals surface area contributed by atoms with Gasteiger partial charge in [-0.05, 0) is 30.7 Å². The molecule has 0 aliphatic heterocycles. The fourth-order valence-corrected chi connectivity index (χ4v) is 1.14. The summed E-state index contributed by atoms with van der Waals surface area (Å²) in [4.78, 5) is 10.2. The van der Waals surface area contributed by atoms with E-state index in [1.54, 1.807) is 18.2 Å². The molecule has 0 aromatic heterocycles. The van der Waals surface area contributed by atoms with Gasteiger partial charge in [0.05, 0.1) is 0 Å². The fourth-order valence-electron chi connectivity index (χ4n) is 0.914. The Morgan fingerprint density at radius 3 is 2.71 bits per heavy atom. The van der Waals surface area contributed by atoms with E-state index in [0.29, 0.717) is 10.8 Å². The Balaban J connectivity index is 0.00000169. The monoisotopic (exact) mass is 240 g/mol. The molecule has 0 fully saturated rings. The first-order valence-electron chi connectivity index (χ1n) is 3.70. The van der Waals surface area contributed by atoms with Gasteiger partial charge < -0.3 is 9.84 Å². The minimum absolute atomic E-state index is 0. The van der Waals surface area contributed by atoms with Crippen molar-refractivity contribution in [1.29, 1.82) is 0 Å². The Kier molecular flexibility index (Phi) is 7.02. The molecule has 14 heavy (non-hydrogen) atoms. The van der Waals surface area contributed by atoms with Gasteiger partial charge in [0.1, 0.15) is 5.75 Å². The first-order chi connectivity index (χ1) is 6.09. The van der Waals surface area contributed by atoms with Crippen LogP contribution in [-0.2, 0) is 4.79 Å². The third-order valence-corrected chi connectivity index (χ3v) is 1.72. The van der Waals surface area contributed by atoms with Crippen molar-refractivity contribution in [2.75, 3.05) is 6.61 Å². The number of hydrogen-bond acceptors (Lipinski definition) is 2. The molecule has 72 valence electrons. The van der Waals surface area contributed by atoms with E-state index in [9.17, 15) is 4.79 Å². The van der Waals surface area contributed by atoms with Crippen LogP contribution in [0.5, 0.6) is 5.75 Å². The summed E-state index contributed by atoms with van der Waals surface area (Å²) >= 11 is 5.71. The van der Waals surface area contributed by atoms with E-state index >= 15 is 0 Å². The van der Waals surface area contributed by atoms with E-state index < -0.39 is 5.97 Å². The second kappa shape index (κ2) is 6.82. The summed E-state index contributed by atoms with van der Waals surface area (Å²) in [6.07, 6.45) is 0. The van der Waals surface area contributed by atoms with Gasteiger partial charge in [-0.25, -0.2) is 4.79 Å². The number of carboxylic acid groups (broad SMARTS) is 1. The number of aryl methyl sites for hydroxylation is 1. The van der Waals surface area contributed by atoms with Crippen molar-refractivity contribution in [3.63, 3.8) is 0 Å². The normalized spacial score (nSPS) is 9.00. The van der Waals surface area contributed by atoms with Gasteiger partial charge in [-0.15, -0.1) is 0 Å². The van der Waals surface area contributed by atoms with Crippen LogP contribution in [0.25, 0.3) is 0 Å². The van der Waals surface area contributed by atoms with Crippen LogP contribution in [-0.4, -0.2) is 69.1 Å². The predicted octanol–water partition coefficient (Wildman–Crippen LogP) is 1.46. The molecule has 0 saturated heterocycles. The van der Waals surface area contributed by atoms with Gasteiger partial charge in [-0.3, -0.25) is 0 Å². The second-order valence-electron chi connectivity index (χ2n) is 2.59. The van der Waals surface area contributed by atoms with Crippen LogP contribution in [0, 0.1) is 6.92 Å². The minimum atomic E-state index is -0.991. The van der Waals surface area contributed by atoms with Gasteiger partial charge in [0.25, 0.3) is 0 Å². The Labute approximate surface area is 130 Å². The zero-order chi connectivity index (χ0) is 9.84. The maximum absolute atomic E-state index is 10.2. The van der Waals surface area contributed by atoms with Crippen molar-refractivity contribution in [3.8, 4) is 5.75 Å². The number of benzene rings is 1. The van der Waals surface area contributed by atoms with Crippen LogP contribution in [0.1, 0.15) is 5.56 Å². The number of aliphatic carboxylic acids is 1. The van der Waals surface area contributed by atoms with Crippen LogP contribution < -0.4 is 4.74 Å². The molecule has 0 heterocycles. The van der Waals surface area contributed by atoms with Crippen LogP contribution in [0.15, 0.2) is 18.2 Å². The predicted molar refractivity (Wildman–Crippen MR) is 56.5 cm³/mol. The maximum atomic E-state index is 10.2. The van der Waals surface area contributed by atoms with Crippen molar-refractivity contribution in [3.05, 3.63) is 28.8 Å². The molecule has 0 amide bonds. The molecule has 1 aromatic carbocycles. The van der Waals surface area contributed by atoms with Crippen LogP contribution >= 0.6 is 11.6 Å². The van der Waals surface area contributed by atoms with Gasteiger partial charge in [0.2, 0.25) is 0 Å². The molecule has 1 aromatic rings. The molecule has 0 radical (unpaired) electrons. The van der Waals surface area contributed by atoms with Crippen molar-refractivity contribution in [2.45, 2.75) is 6.92 Å². The summed E-state index contributed by atoms with van der Waals surface area (Å²) < 4.78 is 5.00. The summed E-state index contributed by atoms with van der Waals surface area (Å²) in [6, 6.07) is 5.03. The number of rotatable bonds is 3. The summed E-state index contributed by atoms with van der Waals surface area (Å²) in [6.45, 7) is 1.48. The number of carbonyl (C=O) groups is 1. The Hall–Kier alpha value is 0.416. The molecular formula is C9H10ClKO3. The van der Waals surface area contributed by atoms with Gasteiger partial charge in [-0.1, -0.05) is 11.6 Å². The summed E-state index contributed by atoms with van der Waals surface area (Å²) in [5.74, 6) is -0.443. The molecule has 0 atom stereocenters. The van der Waals surface area contributed by atoms with E-state index in [4.69, 9.17) is 21.4 Å². The summed E-state index contributed by atoms with van der Waals surface area (Å²) in [5.41, 5.74) is 0.828. The Morgan fingerprint density at radius 2 is 2.21 bits per heavy atom. The number of halogens is 1. The van der Waals surface area contributed by atoms with Crippen LogP contribution in [0.3, 0.4) is 0 Å². The van der Waals surface area contributed by atoms with Crippen molar-refractivity contribution >= 4 is 69.0 Å². The van der Waals surface area contributed by atoms with E-state index in [-0.39, 0.29) is 58.0 Å². The van der Waals surface area contributed by atoms with Gasteiger partial charge in [0, 0.05) is 5.02 Å². The number of ether oxygens (including phenoxy) is 1. The Bertz CT molecular complexity index is 328. The molecule has 1 N–H and O–H groups in total. The van der Waals surface area contributed by atoms with E-state index in [0.717, 1.165) is 5.56 Å². The van der Waals surface area contributed by atoms with E-state index in [1.165, 1.54) is 0 Å². The quantitative estimate of drug-likeness (QED) is 0.814. The molecule has 0 saturated carbocycles. The van der Waals surface area contributed by atoms with Crippen LogP contribution in [0.4, 0.5) is 0 Å². The molecule has 0 aliphatic carbocycles. The molecule has 5 heteroatoms. The van der Waals surface area contributed by atoms with Gasteiger partial charge in [0.15, 0.2) is 6.61 Å². The van der Waals surface area contributed by atoms with Crippen molar-refractivity contribution in [2.24, 2.45) is 0 Å². The zero-order valence-corrected chi connectivity index (χ0v) is 7.84. The average molecular weight is 241 g/mol.